The highest BCUT2D eigenvalue weighted by atomic mass is 35.5. The Kier molecular flexibility index (Phi) is 5.85. The van der Waals surface area contributed by atoms with Crippen molar-refractivity contribution >= 4 is 40.5 Å². The summed E-state index contributed by atoms with van der Waals surface area (Å²) in [4.78, 5) is 8.38. The monoisotopic (exact) mass is 385 g/mol. The van der Waals surface area contributed by atoms with E-state index in [1.807, 2.05) is 12.1 Å². The SMILES string of the molecule is O[C@@H](CN1CCN(c2c(Cl)cncc2Cl)CC1)c1cccc(Cl)c1. The molecule has 0 bridgehead atoms. The van der Waals surface area contributed by atoms with Gasteiger partial charge in [-0.05, 0) is 17.7 Å². The van der Waals surface area contributed by atoms with Gasteiger partial charge >= 0.3 is 0 Å². The van der Waals surface area contributed by atoms with E-state index in [2.05, 4.69) is 14.8 Å². The van der Waals surface area contributed by atoms with E-state index in [0.29, 0.717) is 21.6 Å². The topological polar surface area (TPSA) is 39.6 Å². The van der Waals surface area contributed by atoms with E-state index < -0.39 is 6.10 Å². The molecule has 24 heavy (non-hydrogen) atoms. The number of aromatic nitrogens is 1. The van der Waals surface area contributed by atoms with E-state index in [4.69, 9.17) is 34.8 Å². The number of β-amino-alcohol motifs (C(OH)–C–C–N with tert-alkyl or cyclic N) is 1. The first-order chi connectivity index (χ1) is 11.5. The molecular weight excluding hydrogens is 369 g/mol. The molecule has 7 heteroatoms. The second-order valence-electron chi connectivity index (χ2n) is 5.81. The predicted molar refractivity (Wildman–Crippen MR) is 99.3 cm³/mol. The molecule has 2 aromatic rings. The van der Waals surface area contributed by atoms with Gasteiger partial charge in [0.2, 0.25) is 0 Å². The van der Waals surface area contributed by atoms with E-state index >= 15 is 0 Å². The van der Waals surface area contributed by atoms with Gasteiger partial charge in [-0.2, -0.15) is 0 Å². The summed E-state index contributed by atoms with van der Waals surface area (Å²) in [6.45, 7) is 3.82. The van der Waals surface area contributed by atoms with Crippen LogP contribution in [0.25, 0.3) is 0 Å². The molecule has 1 N–H and O–H groups in total. The van der Waals surface area contributed by atoms with Crippen LogP contribution in [0.1, 0.15) is 11.7 Å². The van der Waals surface area contributed by atoms with Crippen molar-refractivity contribution in [1.82, 2.24) is 9.88 Å². The second kappa shape index (κ2) is 7.89. The first kappa shape index (κ1) is 17.8. The number of aliphatic hydroxyl groups is 1. The van der Waals surface area contributed by atoms with Crippen LogP contribution >= 0.6 is 34.8 Å². The molecule has 0 spiro atoms. The molecule has 0 aliphatic carbocycles. The largest absolute Gasteiger partial charge is 0.387 e. The van der Waals surface area contributed by atoms with Crippen LogP contribution in [0.15, 0.2) is 36.7 Å². The molecule has 0 unspecified atom stereocenters. The fraction of sp³-hybridized carbons (Fsp3) is 0.353. The van der Waals surface area contributed by atoms with Gasteiger partial charge < -0.3 is 10.0 Å². The molecule has 1 aliphatic rings. The molecule has 0 saturated carbocycles. The summed E-state index contributed by atoms with van der Waals surface area (Å²) < 4.78 is 0. The zero-order chi connectivity index (χ0) is 17.1. The Labute approximate surface area is 156 Å². The minimum Gasteiger partial charge on any atom is -0.387 e. The molecule has 0 amide bonds. The van der Waals surface area contributed by atoms with E-state index in [0.717, 1.165) is 37.4 Å². The van der Waals surface area contributed by atoms with Gasteiger partial charge in [-0.1, -0.05) is 46.9 Å². The lowest BCUT2D eigenvalue weighted by atomic mass is 10.1. The molecule has 1 aromatic carbocycles. The highest BCUT2D eigenvalue weighted by Crippen LogP contribution is 2.33. The minimum absolute atomic E-state index is 0.552. The summed E-state index contributed by atoms with van der Waals surface area (Å²) in [7, 11) is 0. The molecule has 1 atom stereocenters. The van der Waals surface area contributed by atoms with Crippen molar-refractivity contribution < 1.29 is 5.11 Å². The molecule has 1 aromatic heterocycles. The van der Waals surface area contributed by atoms with Crippen LogP contribution in [0.2, 0.25) is 15.1 Å². The fourth-order valence-electron chi connectivity index (χ4n) is 2.92. The number of rotatable bonds is 4. The number of hydrogen-bond acceptors (Lipinski definition) is 4. The Morgan fingerprint density at radius 2 is 1.71 bits per heavy atom. The molecular formula is C17H18Cl3N3O. The van der Waals surface area contributed by atoms with Crippen LogP contribution in [-0.4, -0.2) is 47.7 Å². The number of anilines is 1. The molecule has 0 radical (unpaired) electrons. The zero-order valence-corrected chi connectivity index (χ0v) is 15.3. The van der Waals surface area contributed by atoms with Gasteiger partial charge in [0, 0.05) is 50.1 Å². The average molecular weight is 387 g/mol. The van der Waals surface area contributed by atoms with Crippen LogP contribution in [0, 0.1) is 0 Å². The molecule has 1 aliphatic heterocycles. The van der Waals surface area contributed by atoms with Gasteiger partial charge in [-0.3, -0.25) is 9.88 Å². The molecule has 128 valence electrons. The molecule has 1 fully saturated rings. The highest BCUT2D eigenvalue weighted by molar-refractivity contribution is 6.38. The first-order valence-electron chi connectivity index (χ1n) is 7.74. The summed E-state index contributed by atoms with van der Waals surface area (Å²) in [5.74, 6) is 0. The van der Waals surface area contributed by atoms with Crippen molar-refractivity contribution in [2.24, 2.45) is 0 Å². The van der Waals surface area contributed by atoms with Gasteiger partial charge in [-0.15, -0.1) is 0 Å². The lowest BCUT2D eigenvalue weighted by molar-refractivity contribution is 0.109. The molecule has 3 rings (SSSR count). The summed E-state index contributed by atoms with van der Waals surface area (Å²) in [5.41, 5.74) is 1.67. The number of nitrogens with zero attached hydrogens (tertiary/aromatic N) is 3. The van der Waals surface area contributed by atoms with Crippen molar-refractivity contribution in [3.05, 3.63) is 57.3 Å². The van der Waals surface area contributed by atoms with Crippen LogP contribution in [-0.2, 0) is 0 Å². The Bertz CT molecular complexity index is 685. The second-order valence-corrected chi connectivity index (χ2v) is 7.06. The summed E-state index contributed by atoms with van der Waals surface area (Å²) in [5, 5.41) is 12.2. The van der Waals surface area contributed by atoms with Crippen molar-refractivity contribution in [2.75, 3.05) is 37.6 Å². The highest BCUT2D eigenvalue weighted by Gasteiger charge is 2.23. The van der Waals surface area contributed by atoms with Gasteiger partial charge in [0.05, 0.1) is 21.8 Å². The Hall–Kier alpha value is -1.04. The van der Waals surface area contributed by atoms with Crippen molar-refractivity contribution in [1.29, 1.82) is 0 Å². The van der Waals surface area contributed by atoms with E-state index in [1.54, 1.807) is 24.5 Å². The smallest absolute Gasteiger partial charge is 0.0917 e. The Balaban J connectivity index is 1.59. The first-order valence-corrected chi connectivity index (χ1v) is 8.88. The van der Waals surface area contributed by atoms with Crippen LogP contribution < -0.4 is 4.90 Å². The normalized spacial score (nSPS) is 17.1. The van der Waals surface area contributed by atoms with Crippen molar-refractivity contribution in [3.8, 4) is 0 Å². The maximum Gasteiger partial charge on any atom is 0.0917 e. The van der Waals surface area contributed by atoms with E-state index in [1.165, 1.54) is 0 Å². The summed E-state index contributed by atoms with van der Waals surface area (Å²) >= 11 is 18.4. The lowest BCUT2D eigenvalue weighted by Gasteiger charge is -2.37. The van der Waals surface area contributed by atoms with Crippen LogP contribution in [0.3, 0.4) is 0 Å². The van der Waals surface area contributed by atoms with E-state index in [9.17, 15) is 5.11 Å². The number of piperazine rings is 1. The third-order valence-electron chi connectivity index (χ3n) is 4.18. The van der Waals surface area contributed by atoms with Crippen molar-refractivity contribution in [3.63, 3.8) is 0 Å². The molecule has 1 saturated heterocycles. The van der Waals surface area contributed by atoms with Crippen LogP contribution in [0.5, 0.6) is 0 Å². The van der Waals surface area contributed by atoms with Gasteiger partial charge in [0.1, 0.15) is 0 Å². The molecule has 4 nitrogen and oxygen atoms in total. The minimum atomic E-state index is -0.552. The standard InChI is InChI=1S/C17H18Cl3N3O/c18-13-3-1-2-12(8-13)16(24)11-22-4-6-23(7-5-22)17-14(19)9-21-10-15(17)20/h1-3,8-10,16,24H,4-7,11H2/t16-/m0/s1. The van der Waals surface area contributed by atoms with Gasteiger partial charge in [0.15, 0.2) is 0 Å². The summed E-state index contributed by atoms with van der Waals surface area (Å²) in [6, 6.07) is 7.35. The summed E-state index contributed by atoms with van der Waals surface area (Å²) in [6.07, 6.45) is 2.67. The number of halogens is 3. The maximum atomic E-state index is 10.4. The average Bonchev–Trinajstić information content (AvgIpc) is 2.56. The Morgan fingerprint density at radius 1 is 1.04 bits per heavy atom. The number of hydrogen-bond donors (Lipinski definition) is 1. The van der Waals surface area contributed by atoms with E-state index in [-0.39, 0.29) is 0 Å². The number of aliphatic hydroxyl groups excluding tert-OH is 1. The van der Waals surface area contributed by atoms with Crippen molar-refractivity contribution in [2.45, 2.75) is 6.10 Å². The maximum absolute atomic E-state index is 10.4. The predicted octanol–water partition coefficient (Wildman–Crippen LogP) is 3.90. The fourth-order valence-corrected chi connectivity index (χ4v) is 3.73. The van der Waals surface area contributed by atoms with Gasteiger partial charge in [-0.25, -0.2) is 0 Å². The number of pyridine rings is 1. The lowest BCUT2D eigenvalue weighted by Crippen LogP contribution is -2.47. The third kappa shape index (κ3) is 4.13. The number of benzene rings is 1. The van der Waals surface area contributed by atoms with Gasteiger partial charge in [0.25, 0.3) is 0 Å². The quantitative estimate of drug-likeness (QED) is 0.865. The van der Waals surface area contributed by atoms with Crippen LogP contribution in [0.4, 0.5) is 5.69 Å². The third-order valence-corrected chi connectivity index (χ3v) is 4.97. The zero-order valence-electron chi connectivity index (χ0n) is 13.0. The molecule has 2 heterocycles. The Morgan fingerprint density at radius 3 is 2.33 bits per heavy atom.